The molecule has 0 radical (unpaired) electrons. The third-order valence-corrected chi connectivity index (χ3v) is 6.45. The number of hydrogen-bond acceptors (Lipinski definition) is 4. The van der Waals surface area contributed by atoms with Crippen molar-refractivity contribution in [2.24, 2.45) is 0 Å². The van der Waals surface area contributed by atoms with Crippen LogP contribution in [-0.4, -0.2) is 27.2 Å². The van der Waals surface area contributed by atoms with Crippen molar-refractivity contribution < 1.29 is 23.8 Å². The first kappa shape index (κ1) is 27.7. The second-order valence-electron chi connectivity index (χ2n) is 9.01. The lowest BCUT2D eigenvalue weighted by Gasteiger charge is -2.22. The van der Waals surface area contributed by atoms with Crippen LogP contribution in [0, 0.1) is 12.7 Å². The fourth-order valence-corrected chi connectivity index (χ4v) is 4.44. The van der Waals surface area contributed by atoms with E-state index in [0.29, 0.717) is 5.56 Å². The standard InChI is InChI=1S/C26H23Cl3FNO5/c1-6-31-12(2)20(15-10-14(17(28)11-19(15)30)25(35)36-26(3,4)5)23(32)21(24(33)34)22(31)13-7-8-16(27)18(29)9-13/h7-11H,6H2,1-5H3,(H,33,34). The molecular weight excluding hydrogens is 532 g/mol. The second-order valence-corrected chi connectivity index (χ2v) is 10.2. The summed E-state index contributed by atoms with van der Waals surface area (Å²) in [6, 6.07) is 6.51. The van der Waals surface area contributed by atoms with Gasteiger partial charge < -0.3 is 14.4 Å². The Bertz CT molecular complexity index is 1460. The number of pyridine rings is 1. The maximum atomic E-state index is 15.2. The van der Waals surface area contributed by atoms with Gasteiger partial charge in [0.25, 0.3) is 0 Å². The quantitative estimate of drug-likeness (QED) is 0.335. The van der Waals surface area contributed by atoms with Crippen LogP contribution in [0.15, 0.2) is 35.1 Å². The van der Waals surface area contributed by atoms with E-state index in [1.165, 1.54) is 12.1 Å². The molecule has 1 N–H and O–H groups in total. The molecule has 0 amide bonds. The predicted molar refractivity (Wildman–Crippen MR) is 139 cm³/mol. The third kappa shape index (κ3) is 5.28. The zero-order valence-corrected chi connectivity index (χ0v) is 22.4. The molecule has 1 heterocycles. The lowest BCUT2D eigenvalue weighted by atomic mass is 9.95. The van der Waals surface area contributed by atoms with Crippen LogP contribution in [-0.2, 0) is 11.3 Å². The summed E-state index contributed by atoms with van der Waals surface area (Å²) in [4.78, 5) is 38.7. The molecule has 0 bridgehead atoms. The van der Waals surface area contributed by atoms with Gasteiger partial charge in [0, 0.05) is 23.4 Å². The molecule has 0 spiro atoms. The summed E-state index contributed by atoms with van der Waals surface area (Å²) in [5, 5.41) is 10.3. The van der Waals surface area contributed by atoms with Gasteiger partial charge in [-0.25, -0.2) is 14.0 Å². The lowest BCUT2D eigenvalue weighted by Crippen LogP contribution is -2.26. The molecular formula is C26H23Cl3FNO5. The molecule has 36 heavy (non-hydrogen) atoms. The monoisotopic (exact) mass is 553 g/mol. The van der Waals surface area contributed by atoms with Gasteiger partial charge in [-0.3, -0.25) is 4.79 Å². The normalized spacial score (nSPS) is 11.5. The van der Waals surface area contributed by atoms with Crippen LogP contribution in [0.2, 0.25) is 15.1 Å². The summed E-state index contributed by atoms with van der Waals surface area (Å²) in [6.45, 7) is 8.53. The number of rotatable bonds is 5. The van der Waals surface area contributed by atoms with E-state index in [1.807, 2.05) is 0 Å². The molecule has 0 atom stereocenters. The molecule has 3 rings (SSSR count). The van der Waals surface area contributed by atoms with E-state index < -0.39 is 34.3 Å². The summed E-state index contributed by atoms with van der Waals surface area (Å²) in [5.41, 5.74) is -2.27. The second kappa shape index (κ2) is 10.2. The molecule has 0 aliphatic heterocycles. The molecule has 0 fully saturated rings. The number of hydrogen-bond donors (Lipinski definition) is 1. The summed E-state index contributed by atoms with van der Waals surface area (Å²) < 4.78 is 22.1. The summed E-state index contributed by atoms with van der Waals surface area (Å²) in [7, 11) is 0. The molecule has 0 saturated carbocycles. The molecule has 0 unspecified atom stereocenters. The minimum absolute atomic E-state index is 0.0940. The van der Waals surface area contributed by atoms with Crippen LogP contribution in [0.25, 0.3) is 22.4 Å². The highest BCUT2D eigenvalue weighted by molar-refractivity contribution is 6.42. The summed E-state index contributed by atoms with van der Waals surface area (Å²) in [6.07, 6.45) is 0. The number of esters is 1. The van der Waals surface area contributed by atoms with E-state index in [-0.39, 0.29) is 49.7 Å². The first-order chi connectivity index (χ1) is 16.7. The highest BCUT2D eigenvalue weighted by atomic mass is 35.5. The Morgan fingerprint density at radius 1 is 1.06 bits per heavy atom. The number of aromatic carboxylic acids is 1. The Morgan fingerprint density at radius 3 is 2.22 bits per heavy atom. The molecule has 0 aliphatic carbocycles. The molecule has 0 aliphatic rings. The molecule has 2 aromatic carbocycles. The van der Waals surface area contributed by atoms with Gasteiger partial charge in [0.05, 0.1) is 31.9 Å². The van der Waals surface area contributed by atoms with Crippen molar-refractivity contribution in [1.82, 2.24) is 4.57 Å². The topological polar surface area (TPSA) is 85.6 Å². The minimum atomic E-state index is -1.51. The lowest BCUT2D eigenvalue weighted by molar-refractivity contribution is 0.00695. The highest BCUT2D eigenvalue weighted by Gasteiger charge is 2.29. The minimum Gasteiger partial charge on any atom is -0.477 e. The number of nitrogens with zero attached hydrogens (tertiary/aromatic N) is 1. The third-order valence-electron chi connectivity index (χ3n) is 5.40. The molecule has 3 aromatic rings. The molecule has 190 valence electrons. The number of benzene rings is 2. The predicted octanol–water partition coefficient (Wildman–Crippen LogP) is 7.26. The van der Waals surface area contributed by atoms with Crippen LogP contribution in [0.4, 0.5) is 4.39 Å². The van der Waals surface area contributed by atoms with E-state index in [2.05, 4.69) is 0 Å². The average Bonchev–Trinajstić information content (AvgIpc) is 2.75. The molecule has 0 saturated heterocycles. The SMILES string of the molecule is CCn1c(C)c(-c2cc(C(=O)OC(C)(C)C)c(Cl)cc2F)c(=O)c(C(=O)O)c1-c1ccc(Cl)c(Cl)c1. The van der Waals surface area contributed by atoms with E-state index in [9.17, 15) is 19.5 Å². The number of halogens is 4. The van der Waals surface area contributed by atoms with Crippen molar-refractivity contribution in [2.45, 2.75) is 46.8 Å². The molecule has 10 heteroatoms. The van der Waals surface area contributed by atoms with Crippen LogP contribution >= 0.6 is 34.8 Å². The number of carboxylic acid groups (broad SMARTS) is 1. The van der Waals surface area contributed by atoms with Crippen molar-refractivity contribution in [1.29, 1.82) is 0 Å². The Hall–Kier alpha value is -2.87. The molecule has 6 nitrogen and oxygen atoms in total. The average molecular weight is 555 g/mol. The van der Waals surface area contributed by atoms with Crippen LogP contribution in [0.3, 0.4) is 0 Å². The smallest absolute Gasteiger partial charge is 0.341 e. The maximum Gasteiger partial charge on any atom is 0.341 e. The van der Waals surface area contributed by atoms with Crippen LogP contribution in [0.5, 0.6) is 0 Å². The number of carbonyl (C=O) groups excluding carboxylic acids is 1. The Labute approximate surface area is 222 Å². The van der Waals surface area contributed by atoms with Gasteiger partial charge in [-0.05, 0) is 58.9 Å². The van der Waals surface area contributed by atoms with Gasteiger partial charge in [0.15, 0.2) is 0 Å². The van der Waals surface area contributed by atoms with Crippen molar-refractivity contribution in [3.63, 3.8) is 0 Å². The Balaban J connectivity index is 2.41. The van der Waals surface area contributed by atoms with Gasteiger partial charge in [-0.15, -0.1) is 0 Å². The first-order valence-corrected chi connectivity index (χ1v) is 12.0. The highest BCUT2D eigenvalue weighted by Crippen LogP contribution is 2.35. The number of ether oxygens (including phenoxy) is 1. The van der Waals surface area contributed by atoms with E-state index in [0.717, 1.165) is 12.1 Å². The zero-order chi connectivity index (χ0) is 27.1. The largest absolute Gasteiger partial charge is 0.477 e. The van der Waals surface area contributed by atoms with Crippen molar-refractivity contribution in [3.8, 4) is 22.4 Å². The number of carboxylic acids is 1. The van der Waals surface area contributed by atoms with E-state index in [4.69, 9.17) is 39.5 Å². The summed E-state index contributed by atoms with van der Waals surface area (Å²) in [5.74, 6) is -3.21. The van der Waals surface area contributed by atoms with Crippen LogP contribution < -0.4 is 5.43 Å². The molecule has 1 aromatic heterocycles. The van der Waals surface area contributed by atoms with Gasteiger partial charge in [0.1, 0.15) is 17.0 Å². The first-order valence-electron chi connectivity index (χ1n) is 10.9. The maximum absolute atomic E-state index is 15.2. The van der Waals surface area contributed by atoms with Crippen molar-refractivity contribution >= 4 is 46.7 Å². The van der Waals surface area contributed by atoms with Crippen LogP contribution in [0.1, 0.15) is 54.1 Å². The van der Waals surface area contributed by atoms with Gasteiger partial charge in [-0.1, -0.05) is 40.9 Å². The zero-order valence-electron chi connectivity index (χ0n) is 20.1. The fourth-order valence-electron chi connectivity index (χ4n) is 3.92. The van der Waals surface area contributed by atoms with Gasteiger partial charge in [0.2, 0.25) is 5.43 Å². The summed E-state index contributed by atoms with van der Waals surface area (Å²) >= 11 is 18.3. The van der Waals surface area contributed by atoms with E-state index >= 15 is 4.39 Å². The van der Waals surface area contributed by atoms with Gasteiger partial charge in [-0.2, -0.15) is 0 Å². The Kier molecular flexibility index (Phi) is 7.89. The fraction of sp³-hybridized carbons (Fsp3) is 0.269. The van der Waals surface area contributed by atoms with Gasteiger partial charge >= 0.3 is 11.9 Å². The number of carbonyl (C=O) groups is 2. The number of aromatic nitrogens is 1. The van der Waals surface area contributed by atoms with Crippen molar-refractivity contribution in [2.75, 3.05) is 0 Å². The van der Waals surface area contributed by atoms with Crippen molar-refractivity contribution in [3.05, 3.63) is 78.3 Å². The van der Waals surface area contributed by atoms with E-state index in [1.54, 1.807) is 45.3 Å². The Morgan fingerprint density at radius 2 is 1.69 bits per heavy atom.